The van der Waals surface area contributed by atoms with Gasteiger partial charge in [0.25, 0.3) is 5.56 Å². The van der Waals surface area contributed by atoms with Gasteiger partial charge < -0.3 is 19.2 Å². The molecule has 0 spiro atoms. The van der Waals surface area contributed by atoms with Crippen molar-refractivity contribution in [3.63, 3.8) is 0 Å². The highest BCUT2D eigenvalue weighted by Gasteiger charge is 2.56. The van der Waals surface area contributed by atoms with Crippen LogP contribution in [0.3, 0.4) is 0 Å². The summed E-state index contributed by atoms with van der Waals surface area (Å²) in [5, 5.41) is -0.971. The number of aromatic amines is 1. The largest absolute Gasteiger partial charge is 0.458 e. The lowest BCUT2D eigenvalue weighted by atomic mass is 9.94. The Bertz CT molecular complexity index is 1230. The minimum atomic E-state index is -1.33. The second-order valence-electron chi connectivity index (χ2n) is 14.4. The van der Waals surface area contributed by atoms with Crippen LogP contribution in [0.15, 0.2) is 17.4 Å². The van der Waals surface area contributed by atoms with Crippen molar-refractivity contribution in [1.29, 1.82) is 0 Å². The number of ether oxygens (including phenoxy) is 3. The molecule has 0 bridgehead atoms. The molecule has 0 amide bonds. The van der Waals surface area contributed by atoms with Gasteiger partial charge in [-0.25, -0.2) is 9.97 Å². The molecule has 0 aromatic carbocycles. The summed E-state index contributed by atoms with van der Waals surface area (Å²) in [5.41, 5.74) is 0.0507. The van der Waals surface area contributed by atoms with Gasteiger partial charge in [0.1, 0.15) is 14.9 Å². The average Bonchev–Trinajstić information content (AvgIpc) is 3.61. The van der Waals surface area contributed by atoms with E-state index in [0.29, 0.717) is 31.0 Å². The van der Waals surface area contributed by atoms with Crippen molar-refractivity contribution in [3.8, 4) is 0 Å². The highest BCUT2D eigenvalue weighted by atomic mass is 28.3. The zero-order chi connectivity index (χ0) is 33.6. The molecule has 3 atom stereocenters. The van der Waals surface area contributed by atoms with E-state index in [1.807, 2.05) is 4.57 Å². The molecule has 1 N–H and O–H groups in total. The van der Waals surface area contributed by atoms with E-state index >= 15 is 0 Å². The van der Waals surface area contributed by atoms with Crippen molar-refractivity contribution in [2.75, 3.05) is 6.61 Å². The third kappa shape index (κ3) is 10.7. The van der Waals surface area contributed by atoms with E-state index in [-0.39, 0.29) is 28.8 Å². The summed E-state index contributed by atoms with van der Waals surface area (Å²) in [7, 11) is -1.33. The Morgan fingerprint density at radius 3 is 2.11 bits per heavy atom. The molecule has 10 heteroatoms. The predicted molar refractivity (Wildman–Crippen MR) is 187 cm³/mol. The lowest BCUT2D eigenvalue weighted by Gasteiger charge is -2.38. The van der Waals surface area contributed by atoms with Crippen LogP contribution >= 0.6 is 0 Å². The molecule has 261 valence electrons. The van der Waals surface area contributed by atoms with Crippen LogP contribution in [0.2, 0.25) is 13.1 Å². The van der Waals surface area contributed by atoms with E-state index in [0.717, 1.165) is 19.3 Å². The Morgan fingerprint density at radius 2 is 1.57 bits per heavy atom. The topological polar surface area (TPSA) is 108 Å². The van der Waals surface area contributed by atoms with Crippen LogP contribution in [-0.2, 0) is 24.4 Å². The van der Waals surface area contributed by atoms with E-state index in [2.05, 4.69) is 62.7 Å². The van der Waals surface area contributed by atoms with Crippen LogP contribution in [0.5, 0.6) is 0 Å². The van der Waals surface area contributed by atoms with Crippen LogP contribution in [0.4, 0.5) is 0 Å². The Kier molecular flexibility index (Phi) is 15.9. The summed E-state index contributed by atoms with van der Waals surface area (Å²) < 4.78 is 21.3. The number of hydrogen-bond acceptors (Lipinski definition) is 7. The normalized spacial score (nSPS) is 20.4. The van der Waals surface area contributed by atoms with Crippen molar-refractivity contribution >= 4 is 25.9 Å². The monoisotopic (exact) mass is 659 g/mol. The van der Waals surface area contributed by atoms with Gasteiger partial charge in [-0.3, -0.25) is 14.2 Å². The summed E-state index contributed by atoms with van der Waals surface area (Å²) in [5.74, 6) is 0.128. The molecule has 1 fully saturated rings. The molecular weight excluding hydrogens is 597 g/mol. The van der Waals surface area contributed by atoms with Crippen LogP contribution in [0.1, 0.15) is 144 Å². The summed E-state index contributed by atoms with van der Waals surface area (Å²) in [4.78, 5) is 37.2. The summed E-state index contributed by atoms with van der Waals surface area (Å²) in [6, 6.07) is 0. The zero-order valence-corrected chi connectivity index (χ0v) is 31.0. The van der Waals surface area contributed by atoms with Gasteiger partial charge in [0, 0.05) is 12.8 Å². The summed E-state index contributed by atoms with van der Waals surface area (Å²) in [6.45, 7) is 15.4. The molecule has 3 heterocycles. The van der Waals surface area contributed by atoms with Crippen molar-refractivity contribution in [1.82, 2.24) is 19.5 Å². The van der Waals surface area contributed by atoms with E-state index in [1.165, 1.54) is 83.4 Å². The molecule has 2 aromatic heterocycles. The SMILES string of the molecule is CCCCCCCCCCCCCCCCCC(=O)O[C@@H]1C[C@@H](COC(C)(C)C(C)C)O[C@]1(n1cnc2c(=O)[nH]cnc21)[Si](C)C. The first-order chi connectivity index (χ1) is 22.0. The second-order valence-corrected chi connectivity index (χ2v) is 17.2. The number of nitrogens with zero attached hydrogens (tertiary/aromatic N) is 3. The molecule has 1 aliphatic rings. The Morgan fingerprint density at radius 1 is 1.00 bits per heavy atom. The van der Waals surface area contributed by atoms with Gasteiger partial charge in [0.2, 0.25) is 0 Å². The Balaban J connectivity index is 1.51. The predicted octanol–water partition coefficient (Wildman–Crippen LogP) is 8.48. The summed E-state index contributed by atoms with van der Waals surface area (Å²) in [6.07, 6.45) is 22.4. The fourth-order valence-corrected chi connectivity index (χ4v) is 8.19. The number of rotatable bonds is 23. The fourth-order valence-electron chi connectivity index (χ4n) is 6.32. The molecule has 46 heavy (non-hydrogen) atoms. The average molecular weight is 660 g/mol. The van der Waals surface area contributed by atoms with Gasteiger partial charge in [-0.15, -0.1) is 0 Å². The molecule has 3 rings (SSSR count). The smallest absolute Gasteiger partial charge is 0.306 e. The summed E-state index contributed by atoms with van der Waals surface area (Å²) >= 11 is 0. The molecular formula is C36H63N4O5Si. The number of carbonyl (C=O) groups excluding carboxylic acids is 1. The van der Waals surface area contributed by atoms with Crippen molar-refractivity contribution in [2.45, 2.75) is 180 Å². The van der Waals surface area contributed by atoms with Crippen molar-refractivity contribution in [3.05, 3.63) is 23.0 Å². The first-order valence-electron chi connectivity index (χ1n) is 18.3. The van der Waals surface area contributed by atoms with Gasteiger partial charge in [0.05, 0.1) is 31.0 Å². The number of unbranched alkanes of at least 4 members (excludes halogenated alkanes) is 14. The second kappa shape index (κ2) is 19.1. The van der Waals surface area contributed by atoms with Crippen LogP contribution < -0.4 is 5.56 Å². The fraction of sp³-hybridized carbons (Fsp3) is 0.833. The quantitative estimate of drug-likeness (QED) is 0.0724. The lowest BCUT2D eigenvalue weighted by molar-refractivity contribution is -0.162. The molecule has 1 radical (unpaired) electrons. The maximum atomic E-state index is 13.3. The number of carbonyl (C=O) groups is 1. The third-order valence-corrected chi connectivity index (χ3v) is 12.1. The maximum Gasteiger partial charge on any atom is 0.306 e. The van der Waals surface area contributed by atoms with Crippen LogP contribution in [0, 0.1) is 5.92 Å². The van der Waals surface area contributed by atoms with Gasteiger partial charge in [0.15, 0.2) is 16.5 Å². The van der Waals surface area contributed by atoms with Gasteiger partial charge in [-0.05, 0) is 26.2 Å². The number of H-pyrrole nitrogens is 1. The number of nitrogens with one attached hydrogen (secondary N) is 1. The molecule has 0 unspecified atom stereocenters. The molecule has 1 aliphatic heterocycles. The van der Waals surface area contributed by atoms with E-state index < -0.39 is 20.2 Å². The number of aromatic nitrogens is 4. The van der Waals surface area contributed by atoms with Crippen molar-refractivity contribution < 1.29 is 19.0 Å². The number of imidazole rings is 1. The van der Waals surface area contributed by atoms with Crippen LogP contribution in [-0.4, -0.2) is 58.7 Å². The first kappa shape index (κ1) is 38.4. The molecule has 1 saturated heterocycles. The molecule has 9 nitrogen and oxygen atoms in total. The van der Waals surface area contributed by atoms with E-state index in [1.54, 1.807) is 6.33 Å². The van der Waals surface area contributed by atoms with E-state index in [4.69, 9.17) is 14.2 Å². The van der Waals surface area contributed by atoms with Gasteiger partial charge in [-0.1, -0.05) is 124 Å². The molecule has 0 aliphatic carbocycles. The van der Waals surface area contributed by atoms with Crippen LogP contribution in [0.25, 0.3) is 11.2 Å². The molecule has 0 saturated carbocycles. The Hall–Kier alpha value is -2.04. The first-order valence-corrected chi connectivity index (χ1v) is 20.8. The Labute approximate surface area is 279 Å². The minimum Gasteiger partial charge on any atom is -0.458 e. The van der Waals surface area contributed by atoms with Crippen molar-refractivity contribution in [2.24, 2.45) is 5.92 Å². The number of esters is 1. The highest BCUT2D eigenvalue weighted by Crippen LogP contribution is 2.42. The number of hydrogen-bond donors (Lipinski definition) is 1. The lowest BCUT2D eigenvalue weighted by Crippen LogP contribution is -2.54. The highest BCUT2D eigenvalue weighted by molar-refractivity contribution is 6.58. The van der Waals surface area contributed by atoms with Gasteiger partial charge >= 0.3 is 5.97 Å². The minimum absolute atomic E-state index is 0.199. The number of fused-ring (bicyclic) bond motifs is 1. The van der Waals surface area contributed by atoms with Gasteiger partial charge in [-0.2, -0.15) is 0 Å². The standard InChI is InChI=1S/C36H63N4O5Si/c1-8-9-10-11-12-13-14-15-16-17-18-19-20-21-22-23-31(41)44-30-24-29(25-43-35(4,5)28(2)3)45-36(30,46(6)7)40-27-39-32-33(40)37-26-38-34(32)42/h26-30H,8-25H2,1-7H3,(H,37,38,42)/t29-,30+,36-/m0/s1. The van der Waals surface area contributed by atoms with E-state index in [9.17, 15) is 9.59 Å². The maximum absolute atomic E-state index is 13.3. The zero-order valence-electron chi connectivity index (χ0n) is 30.0. The molecule has 2 aromatic rings. The third-order valence-electron chi connectivity index (χ3n) is 9.96.